The predicted molar refractivity (Wildman–Crippen MR) is 58.4 cm³/mol. The van der Waals surface area contributed by atoms with Crippen molar-refractivity contribution in [3.05, 3.63) is 11.1 Å². The molecule has 1 heterocycles. The van der Waals surface area contributed by atoms with Crippen molar-refractivity contribution in [3.8, 4) is 0 Å². The van der Waals surface area contributed by atoms with Crippen LogP contribution in [-0.4, -0.2) is 28.9 Å². The second-order valence-corrected chi connectivity index (χ2v) is 3.85. The van der Waals surface area contributed by atoms with E-state index in [-0.39, 0.29) is 5.91 Å². The first kappa shape index (κ1) is 11.0. The lowest BCUT2D eigenvalue weighted by atomic mass is 10.3. The number of amides is 1. The number of carbonyl (C=O) groups excluding carboxylic acids is 1. The molecule has 0 aliphatic heterocycles. The van der Waals surface area contributed by atoms with E-state index >= 15 is 0 Å². The summed E-state index contributed by atoms with van der Waals surface area (Å²) < 4.78 is 0. The normalized spacial score (nSPS) is 10.1. The molecule has 0 aromatic carbocycles. The van der Waals surface area contributed by atoms with Gasteiger partial charge in [-0.15, -0.1) is 11.3 Å². The summed E-state index contributed by atoms with van der Waals surface area (Å²) in [6.07, 6.45) is 0.958. The largest absolute Gasteiger partial charge is 0.375 e. The maximum absolute atomic E-state index is 11.8. The van der Waals surface area contributed by atoms with E-state index in [4.69, 9.17) is 5.73 Å². The highest BCUT2D eigenvalue weighted by Gasteiger charge is 2.15. The minimum atomic E-state index is -0.0256. The lowest BCUT2D eigenvalue weighted by Gasteiger charge is -2.18. The van der Waals surface area contributed by atoms with E-state index in [1.165, 1.54) is 11.3 Å². The SMILES string of the molecule is CCCN(CC)C(=O)c1csc(N)n1. The van der Waals surface area contributed by atoms with Gasteiger partial charge in [0.05, 0.1) is 0 Å². The number of nitrogens with two attached hydrogens (primary N) is 1. The molecule has 0 unspecified atom stereocenters. The van der Waals surface area contributed by atoms with Crippen molar-refractivity contribution >= 4 is 22.4 Å². The molecule has 0 saturated heterocycles. The maximum atomic E-state index is 11.8. The van der Waals surface area contributed by atoms with Crippen LogP contribution in [0.3, 0.4) is 0 Å². The molecular weight excluding hydrogens is 198 g/mol. The van der Waals surface area contributed by atoms with Crippen molar-refractivity contribution < 1.29 is 4.79 Å². The number of aromatic nitrogens is 1. The zero-order valence-electron chi connectivity index (χ0n) is 8.49. The Morgan fingerprint density at radius 1 is 1.64 bits per heavy atom. The fraction of sp³-hybridized carbons (Fsp3) is 0.556. The van der Waals surface area contributed by atoms with E-state index in [0.29, 0.717) is 17.4 Å². The number of hydrogen-bond acceptors (Lipinski definition) is 4. The molecule has 0 saturated carbocycles. The molecule has 1 amide bonds. The average Bonchev–Trinajstić information content (AvgIpc) is 2.60. The number of anilines is 1. The quantitative estimate of drug-likeness (QED) is 0.826. The Morgan fingerprint density at radius 2 is 2.36 bits per heavy atom. The molecule has 0 radical (unpaired) electrons. The molecule has 1 aromatic rings. The highest BCUT2D eigenvalue weighted by molar-refractivity contribution is 7.13. The van der Waals surface area contributed by atoms with Crippen LogP contribution in [0.1, 0.15) is 30.8 Å². The number of thiazole rings is 1. The smallest absolute Gasteiger partial charge is 0.273 e. The average molecular weight is 213 g/mol. The first-order chi connectivity index (χ1) is 6.69. The number of nitrogens with zero attached hydrogens (tertiary/aromatic N) is 2. The highest BCUT2D eigenvalue weighted by atomic mass is 32.1. The Labute approximate surface area is 87.7 Å². The number of rotatable bonds is 4. The Bertz CT molecular complexity index is 311. The van der Waals surface area contributed by atoms with Crippen LogP contribution in [0.4, 0.5) is 5.13 Å². The molecule has 0 atom stereocenters. The second kappa shape index (κ2) is 4.95. The van der Waals surface area contributed by atoms with Gasteiger partial charge in [-0.2, -0.15) is 0 Å². The standard InChI is InChI=1S/C9H15N3OS/c1-3-5-12(4-2)8(13)7-6-14-9(10)11-7/h6H,3-5H2,1-2H3,(H2,10,11). The van der Waals surface area contributed by atoms with Crippen LogP contribution in [0.15, 0.2) is 5.38 Å². The summed E-state index contributed by atoms with van der Waals surface area (Å²) in [6, 6.07) is 0. The number of carbonyl (C=O) groups is 1. The molecule has 78 valence electrons. The lowest BCUT2D eigenvalue weighted by Crippen LogP contribution is -2.31. The zero-order chi connectivity index (χ0) is 10.6. The summed E-state index contributed by atoms with van der Waals surface area (Å²) in [6.45, 7) is 5.49. The van der Waals surface area contributed by atoms with Crippen LogP contribution in [0.25, 0.3) is 0 Å². The van der Waals surface area contributed by atoms with Crippen LogP contribution in [0, 0.1) is 0 Å². The van der Waals surface area contributed by atoms with E-state index in [2.05, 4.69) is 4.98 Å². The van der Waals surface area contributed by atoms with Gasteiger partial charge in [0.25, 0.3) is 5.91 Å². The highest BCUT2D eigenvalue weighted by Crippen LogP contribution is 2.13. The Morgan fingerprint density at radius 3 is 2.79 bits per heavy atom. The van der Waals surface area contributed by atoms with Crippen LogP contribution in [0.2, 0.25) is 0 Å². The van der Waals surface area contributed by atoms with Gasteiger partial charge in [-0.1, -0.05) is 6.92 Å². The molecule has 0 spiro atoms. The van der Waals surface area contributed by atoms with Crippen molar-refractivity contribution in [2.75, 3.05) is 18.8 Å². The predicted octanol–water partition coefficient (Wildman–Crippen LogP) is 1.60. The minimum absolute atomic E-state index is 0.0256. The van der Waals surface area contributed by atoms with Crippen molar-refractivity contribution in [1.82, 2.24) is 9.88 Å². The van der Waals surface area contributed by atoms with Gasteiger partial charge < -0.3 is 10.6 Å². The summed E-state index contributed by atoms with van der Waals surface area (Å²) in [5.41, 5.74) is 5.93. The van der Waals surface area contributed by atoms with Crippen LogP contribution in [0.5, 0.6) is 0 Å². The molecule has 0 aliphatic carbocycles. The van der Waals surface area contributed by atoms with Gasteiger partial charge in [0, 0.05) is 18.5 Å². The topological polar surface area (TPSA) is 59.2 Å². The molecule has 1 aromatic heterocycles. The van der Waals surface area contributed by atoms with E-state index in [1.807, 2.05) is 13.8 Å². The number of nitrogen functional groups attached to an aromatic ring is 1. The van der Waals surface area contributed by atoms with Crippen molar-refractivity contribution in [2.45, 2.75) is 20.3 Å². The molecule has 0 bridgehead atoms. The molecule has 5 heteroatoms. The molecule has 0 fully saturated rings. The summed E-state index contributed by atoms with van der Waals surface area (Å²) in [5, 5.41) is 2.15. The van der Waals surface area contributed by atoms with Gasteiger partial charge in [0.1, 0.15) is 5.69 Å². The van der Waals surface area contributed by atoms with Crippen LogP contribution >= 0.6 is 11.3 Å². The van der Waals surface area contributed by atoms with Crippen molar-refractivity contribution in [1.29, 1.82) is 0 Å². The Hall–Kier alpha value is -1.10. The Kier molecular flexibility index (Phi) is 3.88. The third-order valence-electron chi connectivity index (χ3n) is 1.90. The summed E-state index contributed by atoms with van der Waals surface area (Å²) in [4.78, 5) is 17.5. The van der Waals surface area contributed by atoms with E-state index in [0.717, 1.165) is 13.0 Å². The third kappa shape index (κ3) is 2.45. The van der Waals surface area contributed by atoms with Gasteiger partial charge in [-0.25, -0.2) is 4.98 Å². The van der Waals surface area contributed by atoms with Crippen LogP contribution in [-0.2, 0) is 0 Å². The molecule has 2 N–H and O–H groups in total. The molecule has 4 nitrogen and oxygen atoms in total. The van der Waals surface area contributed by atoms with Crippen molar-refractivity contribution in [2.24, 2.45) is 0 Å². The summed E-state index contributed by atoms with van der Waals surface area (Å²) in [7, 11) is 0. The van der Waals surface area contributed by atoms with E-state index in [9.17, 15) is 4.79 Å². The van der Waals surface area contributed by atoms with Gasteiger partial charge in [-0.05, 0) is 13.3 Å². The van der Waals surface area contributed by atoms with E-state index < -0.39 is 0 Å². The lowest BCUT2D eigenvalue weighted by molar-refractivity contribution is 0.0759. The van der Waals surface area contributed by atoms with Crippen molar-refractivity contribution in [3.63, 3.8) is 0 Å². The first-order valence-electron chi connectivity index (χ1n) is 4.69. The first-order valence-corrected chi connectivity index (χ1v) is 5.57. The fourth-order valence-corrected chi connectivity index (χ4v) is 1.76. The molecule has 1 rings (SSSR count). The molecular formula is C9H15N3OS. The second-order valence-electron chi connectivity index (χ2n) is 2.96. The van der Waals surface area contributed by atoms with Gasteiger partial charge in [-0.3, -0.25) is 4.79 Å². The molecule has 14 heavy (non-hydrogen) atoms. The third-order valence-corrected chi connectivity index (χ3v) is 2.58. The Balaban J connectivity index is 2.72. The minimum Gasteiger partial charge on any atom is -0.375 e. The summed E-state index contributed by atoms with van der Waals surface area (Å²) in [5.74, 6) is -0.0256. The number of hydrogen-bond donors (Lipinski definition) is 1. The zero-order valence-corrected chi connectivity index (χ0v) is 9.30. The molecule has 0 aliphatic rings. The van der Waals surface area contributed by atoms with Gasteiger partial charge in [0.15, 0.2) is 5.13 Å². The van der Waals surface area contributed by atoms with Crippen LogP contribution < -0.4 is 5.73 Å². The van der Waals surface area contributed by atoms with Gasteiger partial charge >= 0.3 is 0 Å². The van der Waals surface area contributed by atoms with E-state index in [1.54, 1.807) is 10.3 Å². The fourth-order valence-electron chi connectivity index (χ4n) is 1.22. The van der Waals surface area contributed by atoms with Gasteiger partial charge in [0.2, 0.25) is 0 Å². The maximum Gasteiger partial charge on any atom is 0.273 e. The monoisotopic (exact) mass is 213 g/mol. The summed E-state index contributed by atoms with van der Waals surface area (Å²) >= 11 is 1.30.